The fraction of sp³-hybridized carbons (Fsp3) is 0.438. The average molecular weight is 289 g/mol. The number of halogens is 1. The topological polar surface area (TPSA) is 39.1 Å². The van der Waals surface area contributed by atoms with Crippen LogP contribution in [0.15, 0.2) is 24.4 Å². The highest BCUT2D eigenvalue weighted by atomic mass is 19.1. The summed E-state index contributed by atoms with van der Waals surface area (Å²) in [6.45, 7) is 6.56. The van der Waals surface area contributed by atoms with Gasteiger partial charge in [-0.05, 0) is 31.7 Å². The van der Waals surface area contributed by atoms with Crippen molar-refractivity contribution >= 4 is 0 Å². The van der Waals surface area contributed by atoms with Crippen LogP contribution in [0.5, 0.6) is 5.75 Å². The lowest BCUT2D eigenvalue weighted by Crippen LogP contribution is -2.21. The van der Waals surface area contributed by atoms with Crippen molar-refractivity contribution in [2.45, 2.75) is 39.5 Å². The highest BCUT2D eigenvalue weighted by Gasteiger charge is 2.24. The molecule has 1 aliphatic rings. The molecule has 1 aliphatic heterocycles. The van der Waals surface area contributed by atoms with Gasteiger partial charge in [-0.25, -0.2) is 4.39 Å². The maximum absolute atomic E-state index is 13.2. The third-order valence-corrected chi connectivity index (χ3v) is 3.77. The second-order valence-corrected chi connectivity index (χ2v) is 5.44. The van der Waals surface area contributed by atoms with Crippen LogP contribution in [0.2, 0.25) is 0 Å². The van der Waals surface area contributed by atoms with Crippen molar-refractivity contribution in [3.8, 4) is 5.75 Å². The largest absolute Gasteiger partial charge is 0.488 e. The van der Waals surface area contributed by atoms with Crippen LogP contribution in [0, 0.1) is 12.7 Å². The quantitative estimate of drug-likeness (QED) is 0.919. The van der Waals surface area contributed by atoms with Gasteiger partial charge in [-0.1, -0.05) is 6.92 Å². The molecule has 1 aromatic heterocycles. The summed E-state index contributed by atoms with van der Waals surface area (Å²) in [5.41, 5.74) is 3.19. The van der Waals surface area contributed by atoms with Gasteiger partial charge in [0.05, 0.1) is 12.2 Å². The summed E-state index contributed by atoms with van der Waals surface area (Å²) in [4.78, 5) is 0. The first-order valence-corrected chi connectivity index (χ1v) is 7.34. The Morgan fingerprint density at radius 2 is 2.33 bits per heavy atom. The Bertz CT molecular complexity index is 638. The third-order valence-electron chi connectivity index (χ3n) is 3.77. The van der Waals surface area contributed by atoms with Crippen LogP contribution < -0.4 is 10.1 Å². The monoisotopic (exact) mass is 289 g/mol. The van der Waals surface area contributed by atoms with Crippen molar-refractivity contribution in [2.75, 3.05) is 6.54 Å². The van der Waals surface area contributed by atoms with Gasteiger partial charge < -0.3 is 10.1 Å². The van der Waals surface area contributed by atoms with Crippen molar-refractivity contribution < 1.29 is 9.13 Å². The van der Waals surface area contributed by atoms with Gasteiger partial charge in [0.25, 0.3) is 0 Å². The SMILES string of the molecule is CCNCc1cn(CC2Cc3cc(F)ccc3O2)nc1C. The zero-order valence-electron chi connectivity index (χ0n) is 12.4. The molecule has 1 N–H and O–H groups in total. The molecule has 0 fully saturated rings. The van der Waals surface area contributed by atoms with Gasteiger partial charge in [-0.2, -0.15) is 5.10 Å². The van der Waals surface area contributed by atoms with Gasteiger partial charge in [0.1, 0.15) is 17.7 Å². The second-order valence-electron chi connectivity index (χ2n) is 5.44. The normalized spacial score (nSPS) is 16.8. The summed E-state index contributed by atoms with van der Waals surface area (Å²) in [5, 5.41) is 7.84. The molecule has 2 heterocycles. The van der Waals surface area contributed by atoms with Gasteiger partial charge >= 0.3 is 0 Å². The van der Waals surface area contributed by atoms with Gasteiger partial charge in [0, 0.05) is 30.3 Å². The van der Waals surface area contributed by atoms with E-state index in [4.69, 9.17) is 4.74 Å². The van der Waals surface area contributed by atoms with E-state index in [9.17, 15) is 4.39 Å². The zero-order valence-corrected chi connectivity index (χ0v) is 12.4. The van der Waals surface area contributed by atoms with Crippen molar-refractivity contribution in [1.29, 1.82) is 0 Å². The summed E-state index contributed by atoms with van der Waals surface area (Å²) in [7, 11) is 0. The third kappa shape index (κ3) is 3.08. The first-order chi connectivity index (χ1) is 10.2. The lowest BCUT2D eigenvalue weighted by Gasteiger charge is -2.10. The first kappa shape index (κ1) is 14.1. The molecule has 0 radical (unpaired) electrons. The van der Waals surface area contributed by atoms with E-state index >= 15 is 0 Å². The van der Waals surface area contributed by atoms with Crippen LogP contribution in [-0.4, -0.2) is 22.4 Å². The average Bonchev–Trinajstić information content (AvgIpc) is 2.99. The molecule has 5 heteroatoms. The lowest BCUT2D eigenvalue weighted by atomic mass is 10.1. The Hall–Kier alpha value is -1.88. The fourth-order valence-corrected chi connectivity index (χ4v) is 2.69. The van der Waals surface area contributed by atoms with Gasteiger partial charge in [0.2, 0.25) is 0 Å². The summed E-state index contributed by atoms with van der Waals surface area (Å²) < 4.78 is 21.0. The molecule has 0 aliphatic carbocycles. The summed E-state index contributed by atoms with van der Waals surface area (Å²) in [6.07, 6.45) is 2.81. The van der Waals surface area contributed by atoms with Crippen LogP contribution in [0.4, 0.5) is 4.39 Å². The van der Waals surface area contributed by atoms with E-state index in [2.05, 4.69) is 23.5 Å². The smallest absolute Gasteiger partial charge is 0.123 e. The van der Waals surface area contributed by atoms with Gasteiger partial charge in [-0.3, -0.25) is 4.68 Å². The minimum absolute atomic E-state index is 0.0214. The number of fused-ring (bicyclic) bond motifs is 1. The van der Waals surface area contributed by atoms with E-state index in [1.165, 1.54) is 11.6 Å². The Labute approximate surface area is 123 Å². The number of hydrogen-bond acceptors (Lipinski definition) is 3. The highest BCUT2D eigenvalue weighted by Crippen LogP contribution is 2.29. The molecular formula is C16H20FN3O. The molecule has 0 spiro atoms. The van der Waals surface area contributed by atoms with Crippen LogP contribution in [0.3, 0.4) is 0 Å². The molecule has 0 saturated heterocycles. The van der Waals surface area contributed by atoms with Crippen molar-refractivity contribution in [3.05, 3.63) is 47.0 Å². The Balaban J connectivity index is 1.66. The summed E-state index contributed by atoms with van der Waals surface area (Å²) in [5.74, 6) is 0.582. The van der Waals surface area contributed by atoms with Gasteiger partial charge in [0.15, 0.2) is 0 Å². The molecule has 1 atom stereocenters. The van der Waals surface area contributed by atoms with E-state index < -0.39 is 0 Å². The standard InChI is InChI=1S/C16H20FN3O/c1-3-18-8-13-9-20(19-11(13)2)10-15-7-12-6-14(17)4-5-16(12)21-15/h4-6,9,15,18H,3,7-8,10H2,1-2H3. The van der Waals surface area contributed by atoms with Crippen molar-refractivity contribution in [1.82, 2.24) is 15.1 Å². The Morgan fingerprint density at radius 1 is 1.48 bits per heavy atom. The number of rotatable bonds is 5. The number of ether oxygens (including phenoxy) is 1. The molecule has 0 bridgehead atoms. The van der Waals surface area contributed by atoms with E-state index in [0.717, 1.165) is 36.5 Å². The first-order valence-electron chi connectivity index (χ1n) is 7.34. The molecule has 21 heavy (non-hydrogen) atoms. The maximum atomic E-state index is 13.2. The molecule has 3 rings (SSSR count). The van der Waals surface area contributed by atoms with E-state index in [-0.39, 0.29) is 11.9 Å². The lowest BCUT2D eigenvalue weighted by molar-refractivity contribution is 0.203. The number of aryl methyl sites for hydroxylation is 1. The number of benzene rings is 1. The van der Waals surface area contributed by atoms with E-state index in [1.54, 1.807) is 12.1 Å². The van der Waals surface area contributed by atoms with Crippen LogP contribution in [0.1, 0.15) is 23.7 Å². The second kappa shape index (κ2) is 5.85. The molecule has 4 nitrogen and oxygen atoms in total. The molecular weight excluding hydrogens is 269 g/mol. The summed E-state index contributed by atoms with van der Waals surface area (Å²) >= 11 is 0. The molecule has 2 aromatic rings. The number of hydrogen-bond donors (Lipinski definition) is 1. The van der Waals surface area contributed by atoms with Crippen LogP contribution >= 0.6 is 0 Å². The minimum Gasteiger partial charge on any atom is -0.488 e. The van der Waals surface area contributed by atoms with E-state index in [1.807, 2.05) is 11.6 Å². The van der Waals surface area contributed by atoms with Crippen molar-refractivity contribution in [2.24, 2.45) is 0 Å². The predicted molar refractivity (Wildman–Crippen MR) is 78.9 cm³/mol. The fourth-order valence-electron chi connectivity index (χ4n) is 2.69. The summed E-state index contributed by atoms with van der Waals surface area (Å²) in [6, 6.07) is 4.70. The Kier molecular flexibility index (Phi) is 3.92. The van der Waals surface area contributed by atoms with Crippen LogP contribution in [0.25, 0.3) is 0 Å². The minimum atomic E-state index is -0.208. The molecule has 0 saturated carbocycles. The highest BCUT2D eigenvalue weighted by molar-refractivity contribution is 5.37. The van der Waals surface area contributed by atoms with E-state index in [0.29, 0.717) is 6.54 Å². The molecule has 1 aromatic carbocycles. The van der Waals surface area contributed by atoms with Crippen molar-refractivity contribution in [3.63, 3.8) is 0 Å². The molecule has 1 unspecified atom stereocenters. The predicted octanol–water partition coefficient (Wildman–Crippen LogP) is 2.44. The number of nitrogens with one attached hydrogen (secondary N) is 1. The molecule has 0 amide bonds. The Morgan fingerprint density at radius 3 is 3.14 bits per heavy atom. The van der Waals surface area contributed by atoms with Gasteiger partial charge in [-0.15, -0.1) is 0 Å². The zero-order chi connectivity index (χ0) is 14.8. The number of nitrogens with zero attached hydrogens (tertiary/aromatic N) is 2. The molecule has 112 valence electrons. The van der Waals surface area contributed by atoms with Crippen LogP contribution in [-0.2, 0) is 19.5 Å². The maximum Gasteiger partial charge on any atom is 0.123 e. The number of aromatic nitrogens is 2.